The van der Waals surface area contributed by atoms with E-state index in [0.29, 0.717) is 25.8 Å². The van der Waals surface area contributed by atoms with Crippen LogP contribution in [0.5, 0.6) is 0 Å². The number of nitrogens with two attached hydrogens (primary N) is 1. The second kappa shape index (κ2) is 8.78. The predicted molar refractivity (Wildman–Crippen MR) is 71.5 cm³/mol. The van der Waals surface area contributed by atoms with Gasteiger partial charge in [0.25, 0.3) is 0 Å². The van der Waals surface area contributed by atoms with Crippen molar-refractivity contribution in [2.75, 3.05) is 6.54 Å². The van der Waals surface area contributed by atoms with Crippen LogP contribution in [0.15, 0.2) is 5.16 Å². The lowest BCUT2D eigenvalue weighted by atomic mass is 9.86. The molecule has 0 radical (unpaired) electrons. The fourth-order valence-corrected chi connectivity index (χ4v) is 2.45. The highest BCUT2D eigenvalue weighted by Gasteiger charge is 2.14. The summed E-state index contributed by atoms with van der Waals surface area (Å²) in [5.74, 6) is 1.09. The van der Waals surface area contributed by atoms with Gasteiger partial charge in [-0.15, -0.1) is 0 Å². The van der Waals surface area contributed by atoms with Crippen LogP contribution in [0.2, 0.25) is 0 Å². The number of nitrogens with zero attached hydrogens (tertiary/aromatic N) is 1. The molecule has 1 amide bonds. The van der Waals surface area contributed by atoms with Gasteiger partial charge in [-0.3, -0.25) is 4.79 Å². The van der Waals surface area contributed by atoms with Gasteiger partial charge in [0.05, 0.1) is 0 Å². The van der Waals surface area contributed by atoms with Crippen LogP contribution in [0.4, 0.5) is 0 Å². The number of hydrogen-bond acceptors (Lipinski definition) is 3. The molecule has 0 aromatic carbocycles. The molecule has 104 valence electrons. The van der Waals surface area contributed by atoms with Gasteiger partial charge in [0, 0.05) is 19.4 Å². The molecule has 18 heavy (non-hydrogen) atoms. The minimum absolute atomic E-state index is 0.125. The Kier molecular flexibility index (Phi) is 7.22. The van der Waals surface area contributed by atoms with E-state index in [0.717, 1.165) is 12.3 Å². The van der Waals surface area contributed by atoms with E-state index in [9.17, 15) is 4.79 Å². The van der Waals surface area contributed by atoms with Crippen molar-refractivity contribution in [1.29, 1.82) is 0 Å². The molecule has 1 fully saturated rings. The molecule has 1 saturated carbocycles. The zero-order valence-corrected chi connectivity index (χ0v) is 11.0. The van der Waals surface area contributed by atoms with Crippen molar-refractivity contribution < 1.29 is 10.0 Å². The Morgan fingerprint density at radius 2 is 2.00 bits per heavy atom. The van der Waals surface area contributed by atoms with Crippen molar-refractivity contribution in [2.24, 2.45) is 16.8 Å². The van der Waals surface area contributed by atoms with Crippen LogP contribution in [0.1, 0.15) is 57.8 Å². The van der Waals surface area contributed by atoms with Gasteiger partial charge in [0.15, 0.2) is 0 Å². The molecule has 5 nitrogen and oxygen atoms in total. The molecule has 0 saturated heterocycles. The minimum atomic E-state index is 0.125. The maximum Gasteiger partial charge on any atom is 0.220 e. The van der Waals surface area contributed by atoms with Crippen LogP contribution in [0.3, 0.4) is 0 Å². The SMILES string of the molecule is NC(CCCNC(=O)CCC1CCCCC1)=NO. The molecule has 0 spiro atoms. The first-order valence-electron chi connectivity index (χ1n) is 6.95. The lowest BCUT2D eigenvalue weighted by molar-refractivity contribution is -0.121. The van der Waals surface area contributed by atoms with E-state index in [1.54, 1.807) is 0 Å². The number of oxime groups is 1. The number of nitrogens with one attached hydrogen (secondary N) is 1. The average Bonchev–Trinajstić information content (AvgIpc) is 2.42. The third-order valence-corrected chi connectivity index (χ3v) is 3.56. The molecule has 0 heterocycles. The summed E-state index contributed by atoms with van der Waals surface area (Å²) in [7, 11) is 0. The summed E-state index contributed by atoms with van der Waals surface area (Å²) < 4.78 is 0. The van der Waals surface area contributed by atoms with E-state index in [1.165, 1.54) is 32.1 Å². The normalized spacial score (nSPS) is 17.7. The smallest absolute Gasteiger partial charge is 0.220 e. The summed E-state index contributed by atoms with van der Waals surface area (Å²) in [5.41, 5.74) is 5.33. The highest BCUT2D eigenvalue weighted by atomic mass is 16.4. The Morgan fingerprint density at radius 1 is 1.28 bits per heavy atom. The van der Waals surface area contributed by atoms with Gasteiger partial charge >= 0.3 is 0 Å². The van der Waals surface area contributed by atoms with Crippen LogP contribution < -0.4 is 11.1 Å². The predicted octanol–water partition coefficient (Wildman–Crippen LogP) is 1.99. The Balaban J connectivity index is 1.99. The summed E-state index contributed by atoms with van der Waals surface area (Å²) in [6.45, 7) is 0.597. The van der Waals surface area contributed by atoms with Gasteiger partial charge in [-0.25, -0.2) is 0 Å². The fourth-order valence-electron chi connectivity index (χ4n) is 2.45. The topological polar surface area (TPSA) is 87.7 Å². The van der Waals surface area contributed by atoms with E-state index >= 15 is 0 Å². The third-order valence-electron chi connectivity index (χ3n) is 3.56. The van der Waals surface area contributed by atoms with Crippen LogP contribution in [-0.2, 0) is 4.79 Å². The van der Waals surface area contributed by atoms with Crippen molar-refractivity contribution in [3.8, 4) is 0 Å². The molecule has 1 aliphatic rings. The van der Waals surface area contributed by atoms with E-state index in [1.807, 2.05) is 0 Å². The minimum Gasteiger partial charge on any atom is -0.409 e. The second-order valence-corrected chi connectivity index (χ2v) is 5.09. The van der Waals surface area contributed by atoms with Crippen molar-refractivity contribution >= 4 is 11.7 Å². The summed E-state index contributed by atoms with van der Waals surface area (Å²) in [6.07, 6.45) is 9.47. The molecule has 5 heteroatoms. The maximum atomic E-state index is 11.6. The Bertz CT molecular complexity index is 273. The molecular weight excluding hydrogens is 230 g/mol. The average molecular weight is 255 g/mol. The molecule has 4 N–H and O–H groups in total. The standard InChI is InChI=1S/C13H25N3O2/c14-12(16-18)7-4-10-15-13(17)9-8-11-5-2-1-3-6-11/h11,18H,1-10H2,(H2,14,16)(H,15,17). The van der Waals surface area contributed by atoms with Crippen molar-refractivity contribution in [3.63, 3.8) is 0 Å². The molecule has 0 atom stereocenters. The Hall–Kier alpha value is -1.26. The fraction of sp³-hybridized carbons (Fsp3) is 0.846. The molecule has 1 aliphatic carbocycles. The maximum absolute atomic E-state index is 11.6. The van der Waals surface area contributed by atoms with E-state index < -0.39 is 0 Å². The van der Waals surface area contributed by atoms with Crippen LogP contribution >= 0.6 is 0 Å². The highest BCUT2D eigenvalue weighted by Crippen LogP contribution is 2.27. The second-order valence-electron chi connectivity index (χ2n) is 5.09. The first kappa shape index (κ1) is 14.8. The summed E-state index contributed by atoms with van der Waals surface area (Å²) in [6, 6.07) is 0. The number of hydrogen-bond donors (Lipinski definition) is 3. The van der Waals surface area contributed by atoms with Gasteiger partial charge < -0.3 is 16.3 Å². The van der Waals surface area contributed by atoms with Gasteiger partial charge in [0.2, 0.25) is 5.91 Å². The van der Waals surface area contributed by atoms with Crippen LogP contribution in [0, 0.1) is 5.92 Å². The molecule has 0 unspecified atom stereocenters. The van der Waals surface area contributed by atoms with Crippen molar-refractivity contribution in [2.45, 2.75) is 57.8 Å². The van der Waals surface area contributed by atoms with Crippen LogP contribution in [-0.4, -0.2) is 23.5 Å². The zero-order chi connectivity index (χ0) is 13.2. The molecule has 0 aromatic rings. The van der Waals surface area contributed by atoms with E-state index in [-0.39, 0.29) is 11.7 Å². The number of carbonyl (C=O) groups excluding carboxylic acids is 1. The molecule has 0 aromatic heterocycles. The van der Waals surface area contributed by atoms with Crippen molar-refractivity contribution in [1.82, 2.24) is 5.32 Å². The molecule has 0 aliphatic heterocycles. The summed E-state index contributed by atoms with van der Waals surface area (Å²) in [4.78, 5) is 11.6. The van der Waals surface area contributed by atoms with E-state index in [2.05, 4.69) is 10.5 Å². The summed E-state index contributed by atoms with van der Waals surface area (Å²) in [5, 5.41) is 14.1. The number of amides is 1. The first-order chi connectivity index (χ1) is 8.72. The zero-order valence-electron chi connectivity index (χ0n) is 11.0. The van der Waals surface area contributed by atoms with E-state index in [4.69, 9.17) is 10.9 Å². The van der Waals surface area contributed by atoms with Gasteiger partial charge in [-0.2, -0.15) is 0 Å². The Labute approximate surface area is 109 Å². The summed E-state index contributed by atoms with van der Waals surface area (Å²) >= 11 is 0. The van der Waals surface area contributed by atoms with Gasteiger partial charge in [-0.1, -0.05) is 37.3 Å². The van der Waals surface area contributed by atoms with Gasteiger partial charge in [-0.05, 0) is 18.8 Å². The first-order valence-corrected chi connectivity index (χ1v) is 6.95. The lowest BCUT2D eigenvalue weighted by Gasteiger charge is -2.20. The number of rotatable bonds is 7. The quantitative estimate of drug-likeness (QED) is 0.214. The monoisotopic (exact) mass is 255 g/mol. The molecule has 0 bridgehead atoms. The Morgan fingerprint density at radius 3 is 2.67 bits per heavy atom. The van der Waals surface area contributed by atoms with Crippen molar-refractivity contribution in [3.05, 3.63) is 0 Å². The third kappa shape index (κ3) is 6.47. The highest BCUT2D eigenvalue weighted by molar-refractivity contribution is 5.79. The van der Waals surface area contributed by atoms with Crippen LogP contribution in [0.25, 0.3) is 0 Å². The largest absolute Gasteiger partial charge is 0.409 e. The number of carbonyl (C=O) groups is 1. The lowest BCUT2D eigenvalue weighted by Crippen LogP contribution is -2.26. The molecular formula is C13H25N3O2. The molecule has 1 rings (SSSR count). The van der Waals surface area contributed by atoms with Gasteiger partial charge in [0.1, 0.15) is 5.84 Å². The number of amidine groups is 1.